The summed E-state index contributed by atoms with van der Waals surface area (Å²) >= 11 is 8.00. The summed E-state index contributed by atoms with van der Waals surface area (Å²) in [5, 5.41) is 7.37. The van der Waals surface area contributed by atoms with Crippen LogP contribution in [0.1, 0.15) is 17.5 Å². The second kappa shape index (κ2) is 7.92. The van der Waals surface area contributed by atoms with E-state index in [0.29, 0.717) is 14.0 Å². The van der Waals surface area contributed by atoms with Crippen molar-refractivity contribution in [3.05, 3.63) is 63.4 Å². The number of fused-ring (bicyclic) bond motifs is 1. The SMILES string of the molecule is O=C(CSc1nn(-c2ccc(F)cc2)c(=S)s1)Nc1ccc2c(c1)CCC2. The monoisotopic (exact) mass is 417 g/mol. The molecule has 1 amide bonds. The highest BCUT2D eigenvalue weighted by atomic mass is 32.2. The summed E-state index contributed by atoms with van der Waals surface area (Å²) < 4.78 is 15.9. The topological polar surface area (TPSA) is 46.9 Å². The molecule has 8 heteroatoms. The Morgan fingerprint density at radius 3 is 2.81 bits per heavy atom. The number of benzene rings is 2. The van der Waals surface area contributed by atoms with Crippen LogP contribution in [0.2, 0.25) is 0 Å². The lowest BCUT2D eigenvalue weighted by atomic mass is 10.1. The number of hydrogen-bond donors (Lipinski definition) is 1. The first-order chi connectivity index (χ1) is 13.1. The van der Waals surface area contributed by atoms with Crippen molar-refractivity contribution in [3.8, 4) is 5.69 Å². The molecule has 1 aromatic heterocycles. The van der Waals surface area contributed by atoms with Gasteiger partial charge in [0.1, 0.15) is 5.82 Å². The van der Waals surface area contributed by atoms with Crippen molar-refractivity contribution in [2.75, 3.05) is 11.1 Å². The fraction of sp³-hybridized carbons (Fsp3) is 0.211. The maximum atomic E-state index is 13.1. The number of hydrogen-bond acceptors (Lipinski definition) is 5. The number of halogens is 1. The number of anilines is 1. The van der Waals surface area contributed by atoms with E-state index < -0.39 is 0 Å². The van der Waals surface area contributed by atoms with Gasteiger partial charge in [0.15, 0.2) is 8.29 Å². The molecule has 0 saturated carbocycles. The standard InChI is InChI=1S/C19H16FN3OS3/c20-14-5-8-16(9-6-14)23-19(25)27-18(22-23)26-11-17(24)21-15-7-4-12-2-1-3-13(12)10-15/h4-10H,1-3,11H2,(H,21,24). The molecule has 0 bridgehead atoms. The van der Waals surface area contributed by atoms with E-state index in [4.69, 9.17) is 12.2 Å². The highest BCUT2D eigenvalue weighted by Crippen LogP contribution is 2.26. The molecule has 1 N–H and O–H groups in total. The minimum Gasteiger partial charge on any atom is -0.325 e. The molecule has 0 spiro atoms. The van der Waals surface area contributed by atoms with Gasteiger partial charge in [-0.25, -0.2) is 9.07 Å². The predicted octanol–water partition coefficient (Wildman–Crippen LogP) is 5.02. The highest BCUT2D eigenvalue weighted by Gasteiger charge is 2.13. The lowest BCUT2D eigenvalue weighted by Crippen LogP contribution is -2.14. The molecule has 0 radical (unpaired) electrons. The number of thioether (sulfide) groups is 1. The van der Waals surface area contributed by atoms with Gasteiger partial charge >= 0.3 is 0 Å². The van der Waals surface area contributed by atoms with Gasteiger partial charge in [0.25, 0.3) is 0 Å². The number of carbonyl (C=O) groups excluding carboxylic acids is 1. The average molecular weight is 418 g/mol. The first-order valence-electron chi connectivity index (χ1n) is 8.49. The van der Waals surface area contributed by atoms with Gasteiger partial charge in [0.05, 0.1) is 11.4 Å². The predicted molar refractivity (Wildman–Crippen MR) is 110 cm³/mol. The van der Waals surface area contributed by atoms with E-state index in [1.165, 1.54) is 52.8 Å². The van der Waals surface area contributed by atoms with Crippen LogP contribution in [0.4, 0.5) is 10.1 Å². The Morgan fingerprint density at radius 2 is 2.00 bits per heavy atom. The number of carbonyl (C=O) groups is 1. The molecule has 0 atom stereocenters. The number of nitrogens with zero attached hydrogens (tertiary/aromatic N) is 2. The van der Waals surface area contributed by atoms with Crippen molar-refractivity contribution in [3.63, 3.8) is 0 Å². The maximum absolute atomic E-state index is 13.1. The first kappa shape index (κ1) is 18.3. The van der Waals surface area contributed by atoms with Crippen LogP contribution in [0.3, 0.4) is 0 Å². The fourth-order valence-corrected chi connectivity index (χ4v) is 5.20. The van der Waals surface area contributed by atoms with Gasteiger partial charge in [0, 0.05) is 5.69 Å². The molecule has 0 unspecified atom stereocenters. The van der Waals surface area contributed by atoms with E-state index >= 15 is 0 Å². The van der Waals surface area contributed by atoms with Crippen LogP contribution in [0.25, 0.3) is 5.69 Å². The molecular weight excluding hydrogens is 401 g/mol. The Balaban J connectivity index is 1.38. The minimum absolute atomic E-state index is 0.0765. The van der Waals surface area contributed by atoms with Crippen LogP contribution in [0.15, 0.2) is 46.8 Å². The molecule has 2 aromatic carbocycles. The van der Waals surface area contributed by atoms with Crippen LogP contribution in [0, 0.1) is 9.77 Å². The Morgan fingerprint density at radius 1 is 1.22 bits per heavy atom. The zero-order valence-electron chi connectivity index (χ0n) is 14.3. The second-order valence-electron chi connectivity index (χ2n) is 6.20. The van der Waals surface area contributed by atoms with Crippen LogP contribution in [-0.2, 0) is 17.6 Å². The van der Waals surface area contributed by atoms with Gasteiger partial charge in [-0.3, -0.25) is 4.79 Å². The molecule has 4 nitrogen and oxygen atoms in total. The number of nitrogens with one attached hydrogen (secondary N) is 1. The van der Waals surface area contributed by atoms with Gasteiger partial charge in [-0.1, -0.05) is 29.2 Å². The summed E-state index contributed by atoms with van der Waals surface area (Å²) in [5.41, 5.74) is 4.25. The Bertz CT molecular complexity index is 1040. The third kappa shape index (κ3) is 4.28. The summed E-state index contributed by atoms with van der Waals surface area (Å²) in [5.74, 6) is -0.131. The first-order valence-corrected chi connectivity index (χ1v) is 10.7. The maximum Gasteiger partial charge on any atom is 0.234 e. The van der Waals surface area contributed by atoms with E-state index in [2.05, 4.69) is 22.5 Å². The van der Waals surface area contributed by atoms with Crippen LogP contribution < -0.4 is 5.32 Å². The van der Waals surface area contributed by atoms with Gasteiger partial charge < -0.3 is 5.32 Å². The summed E-state index contributed by atoms with van der Waals surface area (Å²) in [6.45, 7) is 0. The zero-order chi connectivity index (χ0) is 18.8. The second-order valence-corrected chi connectivity index (χ2v) is 9.04. The molecule has 0 fully saturated rings. The lowest BCUT2D eigenvalue weighted by Gasteiger charge is -2.06. The van der Waals surface area contributed by atoms with Crippen LogP contribution >= 0.6 is 35.3 Å². The molecule has 0 aliphatic heterocycles. The van der Waals surface area contributed by atoms with Crippen molar-refractivity contribution in [1.29, 1.82) is 0 Å². The van der Waals surface area contributed by atoms with Crippen molar-refractivity contribution >= 4 is 46.9 Å². The molecule has 1 aliphatic rings. The number of aromatic nitrogens is 2. The summed E-state index contributed by atoms with van der Waals surface area (Å²) in [4.78, 5) is 12.3. The van der Waals surface area contributed by atoms with Gasteiger partial charge in [-0.05, 0) is 79.0 Å². The van der Waals surface area contributed by atoms with Crippen molar-refractivity contribution in [2.24, 2.45) is 0 Å². The summed E-state index contributed by atoms with van der Waals surface area (Å²) in [6, 6.07) is 12.1. The van der Waals surface area contributed by atoms with Crippen LogP contribution in [0.5, 0.6) is 0 Å². The molecule has 4 rings (SSSR count). The minimum atomic E-state index is -0.307. The quantitative estimate of drug-likeness (QED) is 0.468. The largest absolute Gasteiger partial charge is 0.325 e. The fourth-order valence-electron chi connectivity index (χ4n) is 3.04. The van der Waals surface area contributed by atoms with Gasteiger partial charge in [-0.15, -0.1) is 5.10 Å². The van der Waals surface area contributed by atoms with E-state index in [1.54, 1.807) is 16.8 Å². The molecule has 138 valence electrons. The Labute approximate surface area is 169 Å². The highest BCUT2D eigenvalue weighted by molar-refractivity contribution is 8.01. The molecule has 27 heavy (non-hydrogen) atoms. The molecule has 1 heterocycles. The van der Waals surface area contributed by atoms with Crippen molar-refractivity contribution in [2.45, 2.75) is 23.6 Å². The smallest absolute Gasteiger partial charge is 0.234 e. The van der Waals surface area contributed by atoms with E-state index in [1.807, 2.05) is 6.07 Å². The van der Waals surface area contributed by atoms with Crippen LogP contribution in [-0.4, -0.2) is 21.4 Å². The molecular formula is C19H16FN3OS3. The van der Waals surface area contributed by atoms with Gasteiger partial charge in [0.2, 0.25) is 5.91 Å². The number of amides is 1. The van der Waals surface area contributed by atoms with E-state index in [9.17, 15) is 9.18 Å². The van der Waals surface area contributed by atoms with E-state index in [-0.39, 0.29) is 17.5 Å². The normalized spacial score (nSPS) is 12.8. The number of rotatable bonds is 5. The zero-order valence-corrected chi connectivity index (χ0v) is 16.7. The summed E-state index contributed by atoms with van der Waals surface area (Å²) in [7, 11) is 0. The average Bonchev–Trinajstić information content (AvgIpc) is 3.26. The third-order valence-corrected chi connectivity index (χ3v) is 6.67. The Kier molecular flexibility index (Phi) is 5.38. The lowest BCUT2D eigenvalue weighted by molar-refractivity contribution is -0.113. The molecule has 1 aliphatic carbocycles. The summed E-state index contributed by atoms with van der Waals surface area (Å²) in [6.07, 6.45) is 3.39. The van der Waals surface area contributed by atoms with E-state index in [0.717, 1.165) is 18.5 Å². The van der Waals surface area contributed by atoms with Crippen molar-refractivity contribution in [1.82, 2.24) is 9.78 Å². The van der Waals surface area contributed by atoms with Gasteiger partial charge in [-0.2, -0.15) is 0 Å². The molecule has 3 aromatic rings. The Hall–Kier alpha value is -2.03. The number of aryl methyl sites for hydroxylation is 2. The van der Waals surface area contributed by atoms with Crippen molar-refractivity contribution < 1.29 is 9.18 Å². The molecule has 0 saturated heterocycles. The third-order valence-electron chi connectivity index (χ3n) is 4.31.